The molecule has 2 aromatic rings. The predicted molar refractivity (Wildman–Crippen MR) is 100 cm³/mol. The zero-order valence-corrected chi connectivity index (χ0v) is 15.8. The first kappa shape index (κ1) is 20.0. The van der Waals surface area contributed by atoms with Crippen LogP contribution in [0.15, 0.2) is 53.4 Å². The fraction of sp³-hybridized carbons (Fsp3) is 0.333. The summed E-state index contributed by atoms with van der Waals surface area (Å²) in [5.41, 5.74) is 1.01. The zero-order chi connectivity index (χ0) is 19.4. The molecule has 2 aromatic carbocycles. The average Bonchev–Trinajstić information content (AvgIpc) is 2.53. The molecule has 26 heavy (non-hydrogen) atoms. The molecule has 0 radical (unpaired) electrons. The molecule has 2 N–H and O–H groups in total. The first-order valence-corrected chi connectivity index (χ1v) is 9.63. The number of benzene rings is 2. The molecular formula is C18H23N3O4S. The number of nitro benzene ring substituents is 1. The van der Waals surface area contributed by atoms with Crippen LogP contribution in [0.1, 0.15) is 31.9 Å². The number of nitro groups is 1. The predicted octanol–water partition coefficient (Wildman–Crippen LogP) is 2.96. The molecular weight excluding hydrogens is 354 g/mol. The number of rotatable bonds is 7. The quantitative estimate of drug-likeness (QED) is 0.571. The average molecular weight is 377 g/mol. The Morgan fingerprint density at radius 3 is 2.19 bits per heavy atom. The highest BCUT2D eigenvalue weighted by Gasteiger charge is 2.24. The Kier molecular flexibility index (Phi) is 6.12. The summed E-state index contributed by atoms with van der Waals surface area (Å²) in [5.74, 6) is 0. The molecule has 0 aliphatic rings. The lowest BCUT2D eigenvalue weighted by Gasteiger charge is -2.21. The summed E-state index contributed by atoms with van der Waals surface area (Å²) in [5, 5.41) is 13.8. The van der Waals surface area contributed by atoms with Gasteiger partial charge in [0.2, 0.25) is 10.0 Å². The second kappa shape index (κ2) is 7.94. The largest absolute Gasteiger partial charge is 0.309 e. The SMILES string of the molecule is CC(C)(C)NS(=O)(=O)c1ccccc1CNCc1ccc([N+](=O)[O-])cc1. The van der Waals surface area contributed by atoms with Gasteiger partial charge in [-0.1, -0.05) is 30.3 Å². The number of non-ortho nitro benzene ring substituents is 1. The lowest BCUT2D eigenvalue weighted by molar-refractivity contribution is -0.384. The minimum Gasteiger partial charge on any atom is -0.309 e. The summed E-state index contributed by atoms with van der Waals surface area (Å²) in [6.07, 6.45) is 0. The molecule has 0 aromatic heterocycles. The second-order valence-corrected chi connectivity index (χ2v) is 8.64. The number of nitrogens with one attached hydrogen (secondary N) is 2. The lowest BCUT2D eigenvalue weighted by atomic mass is 10.1. The molecule has 0 saturated heterocycles. The van der Waals surface area contributed by atoms with E-state index in [-0.39, 0.29) is 10.6 Å². The Balaban J connectivity index is 2.08. The number of hydrogen-bond acceptors (Lipinski definition) is 5. The van der Waals surface area contributed by atoms with Crippen LogP contribution in [0.25, 0.3) is 0 Å². The van der Waals surface area contributed by atoms with Crippen molar-refractivity contribution in [1.82, 2.24) is 10.0 Å². The van der Waals surface area contributed by atoms with Gasteiger partial charge in [-0.2, -0.15) is 0 Å². The van der Waals surface area contributed by atoms with Gasteiger partial charge in [0, 0.05) is 30.8 Å². The summed E-state index contributed by atoms with van der Waals surface area (Å²) in [4.78, 5) is 10.5. The van der Waals surface area contributed by atoms with Crippen LogP contribution in [0.5, 0.6) is 0 Å². The summed E-state index contributed by atoms with van der Waals surface area (Å²) >= 11 is 0. The number of hydrogen-bond donors (Lipinski definition) is 2. The van der Waals surface area contributed by atoms with Gasteiger partial charge in [0.05, 0.1) is 9.82 Å². The van der Waals surface area contributed by atoms with Gasteiger partial charge in [0.15, 0.2) is 0 Å². The zero-order valence-electron chi connectivity index (χ0n) is 15.0. The van der Waals surface area contributed by atoms with E-state index < -0.39 is 20.5 Å². The molecule has 140 valence electrons. The first-order chi connectivity index (χ1) is 12.1. The van der Waals surface area contributed by atoms with Crippen molar-refractivity contribution in [2.45, 2.75) is 44.3 Å². The first-order valence-electron chi connectivity index (χ1n) is 8.14. The Morgan fingerprint density at radius 1 is 1.00 bits per heavy atom. The van der Waals surface area contributed by atoms with E-state index in [1.165, 1.54) is 12.1 Å². The van der Waals surface area contributed by atoms with E-state index >= 15 is 0 Å². The highest BCUT2D eigenvalue weighted by Crippen LogP contribution is 2.18. The molecule has 0 aliphatic heterocycles. The second-order valence-electron chi connectivity index (χ2n) is 6.99. The normalized spacial score (nSPS) is 12.1. The third-order valence-electron chi connectivity index (χ3n) is 3.49. The summed E-state index contributed by atoms with van der Waals surface area (Å²) in [6, 6.07) is 13.1. The maximum absolute atomic E-state index is 12.6. The molecule has 0 spiro atoms. The third kappa shape index (κ3) is 5.62. The van der Waals surface area contributed by atoms with Crippen LogP contribution >= 0.6 is 0 Å². The molecule has 0 unspecified atom stereocenters. The molecule has 0 saturated carbocycles. The van der Waals surface area contributed by atoms with Crippen molar-refractivity contribution in [3.05, 3.63) is 69.8 Å². The van der Waals surface area contributed by atoms with E-state index in [4.69, 9.17) is 0 Å². The Bertz CT molecular complexity index is 872. The van der Waals surface area contributed by atoms with Gasteiger partial charge in [-0.3, -0.25) is 10.1 Å². The fourth-order valence-electron chi connectivity index (χ4n) is 2.45. The van der Waals surface area contributed by atoms with E-state index in [0.29, 0.717) is 18.7 Å². The minimum atomic E-state index is -3.62. The van der Waals surface area contributed by atoms with Gasteiger partial charge < -0.3 is 5.32 Å². The molecule has 8 heteroatoms. The van der Waals surface area contributed by atoms with Crippen molar-refractivity contribution in [3.63, 3.8) is 0 Å². The van der Waals surface area contributed by atoms with Gasteiger partial charge >= 0.3 is 0 Å². The van der Waals surface area contributed by atoms with Crippen LogP contribution in [0.2, 0.25) is 0 Å². The minimum absolute atomic E-state index is 0.0402. The van der Waals surface area contributed by atoms with E-state index in [1.807, 2.05) is 0 Å². The van der Waals surface area contributed by atoms with Crippen LogP contribution < -0.4 is 10.0 Å². The Hall–Kier alpha value is -2.29. The Morgan fingerprint density at radius 2 is 1.62 bits per heavy atom. The van der Waals surface area contributed by atoms with Crippen molar-refractivity contribution < 1.29 is 13.3 Å². The van der Waals surface area contributed by atoms with Gasteiger partial charge in [0.1, 0.15) is 0 Å². The molecule has 0 aliphatic carbocycles. The molecule has 7 nitrogen and oxygen atoms in total. The Labute approximate surface area is 153 Å². The molecule has 0 bridgehead atoms. The van der Waals surface area contributed by atoms with Crippen LogP contribution in [0.4, 0.5) is 5.69 Å². The van der Waals surface area contributed by atoms with Crippen molar-refractivity contribution in [1.29, 1.82) is 0 Å². The van der Waals surface area contributed by atoms with Crippen LogP contribution in [-0.4, -0.2) is 18.9 Å². The standard InChI is InChI=1S/C18H23N3O4S/c1-18(2,3)20-26(24,25)17-7-5-4-6-15(17)13-19-12-14-8-10-16(11-9-14)21(22)23/h4-11,19-20H,12-13H2,1-3H3. The van der Waals surface area contributed by atoms with Crippen molar-refractivity contribution >= 4 is 15.7 Å². The fourth-order valence-corrected chi connectivity index (χ4v) is 4.11. The molecule has 0 amide bonds. The van der Waals surface area contributed by atoms with Gasteiger partial charge in [-0.25, -0.2) is 13.1 Å². The van der Waals surface area contributed by atoms with Crippen molar-refractivity contribution in [3.8, 4) is 0 Å². The topological polar surface area (TPSA) is 101 Å². The summed E-state index contributed by atoms with van der Waals surface area (Å²) < 4.78 is 27.9. The summed E-state index contributed by atoms with van der Waals surface area (Å²) in [6.45, 7) is 6.21. The molecule has 0 heterocycles. The van der Waals surface area contributed by atoms with Crippen LogP contribution in [0, 0.1) is 10.1 Å². The van der Waals surface area contributed by atoms with E-state index in [0.717, 1.165) is 5.56 Å². The maximum atomic E-state index is 12.6. The lowest BCUT2D eigenvalue weighted by Crippen LogP contribution is -2.40. The number of nitrogens with zero attached hydrogens (tertiary/aromatic N) is 1. The van der Waals surface area contributed by atoms with Crippen LogP contribution in [-0.2, 0) is 23.1 Å². The smallest absolute Gasteiger partial charge is 0.269 e. The highest BCUT2D eigenvalue weighted by molar-refractivity contribution is 7.89. The number of sulfonamides is 1. The maximum Gasteiger partial charge on any atom is 0.269 e. The monoisotopic (exact) mass is 377 g/mol. The van der Waals surface area contributed by atoms with E-state index in [1.54, 1.807) is 57.2 Å². The van der Waals surface area contributed by atoms with Crippen molar-refractivity contribution in [2.24, 2.45) is 0 Å². The van der Waals surface area contributed by atoms with E-state index in [9.17, 15) is 18.5 Å². The molecule has 2 rings (SSSR count). The highest BCUT2D eigenvalue weighted by atomic mass is 32.2. The summed E-state index contributed by atoms with van der Waals surface area (Å²) in [7, 11) is -3.62. The van der Waals surface area contributed by atoms with Crippen molar-refractivity contribution in [2.75, 3.05) is 0 Å². The van der Waals surface area contributed by atoms with E-state index in [2.05, 4.69) is 10.0 Å². The van der Waals surface area contributed by atoms with Gasteiger partial charge in [-0.15, -0.1) is 0 Å². The van der Waals surface area contributed by atoms with Gasteiger partial charge in [-0.05, 0) is 38.0 Å². The molecule has 0 fully saturated rings. The van der Waals surface area contributed by atoms with Crippen LogP contribution in [0.3, 0.4) is 0 Å². The molecule has 0 atom stereocenters. The van der Waals surface area contributed by atoms with Gasteiger partial charge in [0.25, 0.3) is 5.69 Å². The third-order valence-corrected chi connectivity index (χ3v) is 5.35.